The first kappa shape index (κ1) is 16.8. The highest BCUT2D eigenvalue weighted by molar-refractivity contribution is 7.90. The van der Waals surface area contributed by atoms with Crippen LogP contribution in [0, 0.1) is 0 Å². The summed E-state index contributed by atoms with van der Waals surface area (Å²) in [4.78, 5) is 25.2. The summed E-state index contributed by atoms with van der Waals surface area (Å²) in [5, 5.41) is 4.32. The predicted octanol–water partition coefficient (Wildman–Crippen LogP) is 2.24. The van der Waals surface area contributed by atoms with Crippen molar-refractivity contribution in [3.05, 3.63) is 45.6 Å². The molecule has 0 atom stereocenters. The van der Waals surface area contributed by atoms with Crippen LogP contribution in [0.5, 0.6) is 0 Å². The van der Waals surface area contributed by atoms with E-state index in [0.717, 1.165) is 0 Å². The number of ketones is 1. The van der Waals surface area contributed by atoms with Gasteiger partial charge in [0, 0.05) is 7.11 Å². The number of carbonyl (C=O) groups excluding carboxylic acids is 2. The molecule has 0 radical (unpaired) electrons. The molecule has 0 spiro atoms. The van der Waals surface area contributed by atoms with E-state index in [-0.39, 0.29) is 46.6 Å². The average Bonchev–Trinajstić information content (AvgIpc) is 2.96. The van der Waals surface area contributed by atoms with Gasteiger partial charge in [-0.25, -0.2) is 8.42 Å². The number of carbonyl (C=O) groups is 2. The highest BCUT2D eigenvalue weighted by Gasteiger charge is 2.33. The molecule has 1 aliphatic rings. The van der Waals surface area contributed by atoms with E-state index in [1.54, 1.807) is 11.4 Å². The van der Waals surface area contributed by atoms with Gasteiger partial charge in [0.1, 0.15) is 0 Å². The largest absolute Gasteiger partial charge is 0.384 e. The van der Waals surface area contributed by atoms with E-state index in [4.69, 9.17) is 4.74 Å². The number of hydrogen-bond donors (Lipinski definition) is 1. The second-order valence-electron chi connectivity index (χ2n) is 5.33. The molecule has 0 saturated carbocycles. The van der Waals surface area contributed by atoms with Crippen molar-refractivity contribution in [3.8, 4) is 0 Å². The van der Waals surface area contributed by atoms with E-state index in [0.29, 0.717) is 10.4 Å². The van der Waals surface area contributed by atoms with Crippen molar-refractivity contribution in [1.82, 2.24) is 0 Å². The molecule has 1 aromatic heterocycles. The van der Waals surface area contributed by atoms with Crippen LogP contribution in [0.1, 0.15) is 27.2 Å². The first-order valence-corrected chi connectivity index (χ1v) is 9.73. The molecule has 1 aliphatic heterocycles. The number of amides is 1. The van der Waals surface area contributed by atoms with Gasteiger partial charge in [0.2, 0.25) is 11.7 Å². The fraction of sp³-hybridized carbons (Fsp3) is 0.250. The summed E-state index contributed by atoms with van der Waals surface area (Å²) in [6.07, 6.45) is 0.116. The monoisotopic (exact) mass is 365 g/mol. The van der Waals surface area contributed by atoms with Gasteiger partial charge in [0.05, 0.1) is 39.8 Å². The van der Waals surface area contributed by atoms with Crippen LogP contribution in [0.3, 0.4) is 0 Å². The Bertz CT molecular complexity index is 914. The van der Waals surface area contributed by atoms with Crippen LogP contribution < -0.4 is 5.32 Å². The van der Waals surface area contributed by atoms with E-state index < -0.39 is 9.84 Å². The van der Waals surface area contributed by atoms with E-state index in [1.165, 1.54) is 36.6 Å². The number of thiophene rings is 1. The lowest BCUT2D eigenvalue weighted by Gasteiger charge is -2.12. The summed E-state index contributed by atoms with van der Waals surface area (Å²) < 4.78 is 30.1. The molecule has 0 saturated heterocycles. The number of nitrogens with one attached hydrogen (secondary N) is 1. The number of ether oxygens (including phenoxy) is 1. The van der Waals surface area contributed by atoms with Crippen LogP contribution in [0.2, 0.25) is 0 Å². The van der Waals surface area contributed by atoms with Crippen molar-refractivity contribution in [2.75, 3.05) is 19.0 Å². The maximum absolute atomic E-state index is 12.9. The molecule has 24 heavy (non-hydrogen) atoms. The lowest BCUT2D eigenvalue weighted by Crippen LogP contribution is -2.17. The van der Waals surface area contributed by atoms with Crippen molar-refractivity contribution in [1.29, 1.82) is 0 Å². The Hall–Kier alpha value is -2.03. The van der Waals surface area contributed by atoms with Crippen molar-refractivity contribution >= 4 is 38.6 Å². The third-order valence-corrected chi connectivity index (χ3v) is 6.35. The molecule has 1 amide bonds. The number of hydrogen-bond acceptors (Lipinski definition) is 6. The van der Waals surface area contributed by atoms with E-state index in [9.17, 15) is 18.0 Å². The van der Waals surface area contributed by atoms with Gasteiger partial charge in [0.25, 0.3) is 0 Å². The molecule has 2 heterocycles. The van der Waals surface area contributed by atoms with Gasteiger partial charge in [-0.3, -0.25) is 9.59 Å². The normalized spacial score (nSPS) is 15.3. The maximum Gasteiger partial charge on any atom is 0.226 e. The standard InChI is InChI=1S/C16H15NO5S2/c1-22-7-5-13(18)17-11-3-2-4-12-14(11)15(19)16-10(6-8-23-16)9-24(12,20)21/h2-4,6,8H,5,7,9H2,1H3,(H,17,18). The molecule has 1 N–H and O–H groups in total. The second kappa shape index (κ2) is 6.46. The Balaban J connectivity index is 2.11. The predicted molar refractivity (Wildman–Crippen MR) is 90.2 cm³/mol. The van der Waals surface area contributed by atoms with Crippen LogP contribution in [0.15, 0.2) is 34.5 Å². The molecule has 8 heteroatoms. The molecule has 0 bridgehead atoms. The van der Waals surface area contributed by atoms with Crippen molar-refractivity contribution in [2.24, 2.45) is 0 Å². The van der Waals surface area contributed by atoms with Gasteiger partial charge in [-0.1, -0.05) is 6.07 Å². The zero-order valence-corrected chi connectivity index (χ0v) is 14.5. The van der Waals surface area contributed by atoms with Gasteiger partial charge in [-0.05, 0) is 29.1 Å². The Morgan fingerprint density at radius 3 is 2.88 bits per heavy atom. The molecule has 0 unspecified atom stereocenters. The molecular weight excluding hydrogens is 350 g/mol. The SMILES string of the molecule is COCCC(=O)Nc1cccc2c1C(=O)c1sccc1CS2(=O)=O. The summed E-state index contributed by atoms with van der Waals surface area (Å²) in [5.74, 6) is -0.934. The van der Waals surface area contributed by atoms with Crippen LogP contribution in [0.25, 0.3) is 0 Å². The summed E-state index contributed by atoms with van der Waals surface area (Å²) in [5.41, 5.74) is 0.741. The van der Waals surface area contributed by atoms with E-state index >= 15 is 0 Å². The summed E-state index contributed by atoms with van der Waals surface area (Å²) in [6.45, 7) is 0.238. The van der Waals surface area contributed by atoms with Crippen LogP contribution in [-0.4, -0.2) is 33.8 Å². The van der Waals surface area contributed by atoms with E-state index in [1.807, 2.05) is 0 Å². The third-order valence-electron chi connectivity index (χ3n) is 3.69. The number of methoxy groups -OCH3 is 1. The topological polar surface area (TPSA) is 89.5 Å². The lowest BCUT2D eigenvalue weighted by molar-refractivity contribution is -0.117. The average molecular weight is 365 g/mol. The zero-order valence-electron chi connectivity index (χ0n) is 12.9. The van der Waals surface area contributed by atoms with Crippen LogP contribution in [0.4, 0.5) is 5.69 Å². The maximum atomic E-state index is 12.9. The van der Waals surface area contributed by atoms with E-state index in [2.05, 4.69) is 5.32 Å². The Kier molecular flexibility index (Phi) is 4.53. The fourth-order valence-corrected chi connectivity index (χ4v) is 5.15. The number of sulfone groups is 1. The molecule has 126 valence electrons. The van der Waals surface area contributed by atoms with Gasteiger partial charge in [-0.15, -0.1) is 11.3 Å². The number of anilines is 1. The van der Waals surface area contributed by atoms with Crippen molar-refractivity contribution < 1.29 is 22.7 Å². The second-order valence-corrected chi connectivity index (χ2v) is 8.21. The summed E-state index contributed by atoms with van der Waals surface area (Å²) >= 11 is 1.21. The molecule has 2 aromatic rings. The Morgan fingerprint density at radius 1 is 1.33 bits per heavy atom. The molecule has 0 aliphatic carbocycles. The minimum absolute atomic E-state index is 0.0319. The summed E-state index contributed by atoms with van der Waals surface area (Å²) in [7, 11) is -2.18. The minimum atomic E-state index is -3.66. The molecular formula is C16H15NO5S2. The number of fused-ring (bicyclic) bond motifs is 2. The highest BCUT2D eigenvalue weighted by atomic mass is 32.2. The van der Waals surface area contributed by atoms with Gasteiger partial charge in [0.15, 0.2) is 9.84 Å². The fourth-order valence-electron chi connectivity index (χ4n) is 2.58. The lowest BCUT2D eigenvalue weighted by atomic mass is 10.1. The van der Waals surface area contributed by atoms with Gasteiger partial charge < -0.3 is 10.1 Å². The number of benzene rings is 1. The van der Waals surface area contributed by atoms with Crippen molar-refractivity contribution in [2.45, 2.75) is 17.1 Å². The third kappa shape index (κ3) is 3.00. The Labute approximate surface area is 143 Å². The highest BCUT2D eigenvalue weighted by Crippen LogP contribution is 2.35. The van der Waals surface area contributed by atoms with Gasteiger partial charge in [-0.2, -0.15) is 0 Å². The quantitative estimate of drug-likeness (QED) is 0.897. The molecule has 6 nitrogen and oxygen atoms in total. The number of rotatable bonds is 4. The van der Waals surface area contributed by atoms with Crippen LogP contribution >= 0.6 is 11.3 Å². The van der Waals surface area contributed by atoms with Gasteiger partial charge >= 0.3 is 0 Å². The first-order valence-electron chi connectivity index (χ1n) is 7.19. The first-order chi connectivity index (χ1) is 11.4. The summed E-state index contributed by atoms with van der Waals surface area (Å²) in [6, 6.07) is 6.12. The molecule has 0 fully saturated rings. The van der Waals surface area contributed by atoms with Crippen LogP contribution in [-0.2, 0) is 25.1 Å². The van der Waals surface area contributed by atoms with Crippen molar-refractivity contribution in [3.63, 3.8) is 0 Å². The molecule has 3 rings (SSSR count). The molecule has 1 aromatic carbocycles. The Morgan fingerprint density at radius 2 is 2.12 bits per heavy atom. The minimum Gasteiger partial charge on any atom is -0.384 e. The zero-order chi connectivity index (χ0) is 17.3. The smallest absolute Gasteiger partial charge is 0.226 e.